The molecule has 0 spiro atoms. The Hall–Kier alpha value is -3.60. The van der Waals surface area contributed by atoms with Gasteiger partial charge in [0, 0.05) is 25.7 Å². The van der Waals surface area contributed by atoms with Crippen LogP contribution in [0.25, 0.3) is 21.9 Å². The van der Waals surface area contributed by atoms with Crippen LogP contribution in [-0.4, -0.2) is 17.7 Å². The molecule has 0 saturated carbocycles. The van der Waals surface area contributed by atoms with Crippen LogP contribution in [0.2, 0.25) is 0 Å². The summed E-state index contributed by atoms with van der Waals surface area (Å²) in [5.74, 6) is -2.66. The van der Waals surface area contributed by atoms with E-state index in [0.717, 1.165) is 16.8 Å². The predicted octanol–water partition coefficient (Wildman–Crippen LogP) is 4.64. The fourth-order valence-corrected chi connectivity index (χ4v) is 3.06. The molecule has 5 nitrogen and oxygen atoms in total. The zero-order chi connectivity index (χ0) is 19.7. The molecule has 1 heterocycles. The van der Waals surface area contributed by atoms with Crippen molar-refractivity contribution in [1.82, 2.24) is 0 Å². The fourth-order valence-electron chi connectivity index (χ4n) is 3.06. The molecule has 140 valence electrons. The van der Waals surface area contributed by atoms with Gasteiger partial charge in [-0.25, -0.2) is 9.59 Å². The number of hydrogen-bond acceptors (Lipinski definition) is 5. The number of rotatable bonds is 3. The van der Waals surface area contributed by atoms with Crippen molar-refractivity contribution in [3.8, 4) is 11.1 Å². The minimum absolute atomic E-state index is 0.169. The number of cyclic esters (lactones) is 2. The van der Waals surface area contributed by atoms with E-state index in [0.29, 0.717) is 0 Å². The van der Waals surface area contributed by atoms with Crippen LogP contribution >= 0.6 is 0 Å². The molecule has 3 aromatic rings. The van der Waals surface area contributed by atoms with E-state index in [2.05, 4.69) is 35.6 Å². The lowest BCUT2D eigenvalue weighted by molar-refractivity contribution is -0.222. The van der Waals surface area contributed by atoms with Gasteiger partial charge < -0.3 is 14.8 Å². The second-order valence-electron chi connectivity index (χ2n) is 7.02. The van der Waals surface area contributed by atoms with Crippen LogP contribution in [-0.2, 0) is 19.1 Å². The summed E-state index contributed by atoms with van der Waals surface area (Å²) in [6.07, 6.45) is 1.31. The molecule has 0 radical (unpaired) electrons. The Balaban J connectivity index is 1.52. The maximum absolute atomic E-state index is 12.0. The van der Waals surface area contributed by atoms with Crippen molar-refractivity contribution in [3.63, 3.8) is 0 Å². The lowest BCUT2D eigenvalue weighted by Crippen LogP contribution is -2.42. The van der Waals surface area contributed by atoms with Gasteiger partial charge >= 0.3 is 11.9 Å². The topological polar surface area (TPSA) is 64.6 Å². The average Bonchev–Trinajstić information content (AvgIpc) is 2.66. The zero-order valence-corrected chi connectivity index (χ0v) is 15.6. The number of esters is 2. The smallest absolute Gasteiger partial charge is 0.350 e. The Morgan fingerprint density at radius 1 is 0.786 bits per heavy atom. The molecule has 0 unspecified atom stereocenters. The van der Waals surface area contributed by atoms with Gasteiger partial charge in [0.05, 0.1) is 0 Å². The molecule has 0 bridgehead atoms. The van der Waals surface area contributed by atoms with Gasteiger partial charge in [-0.15, -0.1) is 0 Å². The summed E-state index contributed by atoms with van der Waals surface area (Å²) in [4.78, 5) is 23.9. The molecule has 1 aliphatic rings. The van der Waals surface area contributed by atoms with Crippen molar-refractivity contribution in [2.75, 3.05) is 5.32 Å². The molecule has 28 heavy (non-hydrogen) atoms. The summed E-state index contributed by atoms with van der Waals surface area (Å²) in [7, 11) is 0. The first-order valence-electron chi connectivity index (χ1n) is 8.94. The summed E-state index contributed by atoms with van der Waals surface area (Å²) in [6, 6.07) is 22.3. The highest BCUT2D eigenvalue weighted by Crippen LogP contribution is 2.26. The van der Waals surface area contributed by atoms with Gasteiger partial charge in [0.25, 0.3) is 5.79 Å². The number of carbonyl (C=O) groups excluding carboxylic acids is 2. The SMILES string of the molecule is CC1(C)OC(=O)C(=CNc2ccc(-c3ccc4ccccc4c3)cc2)C(=O)O1. The average molecular weight is 373 g/mol. The first kappa shape index (κ1) is 17.8. The predicted molar refractivity (Wildman–Crippen MR) is 107 cm³/mol. The summed E-state index contributed by atoms with van der Waals surface area (Å²) in [5, 5.41) is 5.33. The van der Waals surface area contributed by atoms with Crippen LogP contribution in [0.4, 0.5) is 5.69 Å². The van der Waals surface area contributed by atoms with E-state index in [4.69, 9.17) is 9.47 Å². The lowest BCUT2D eigenvalue weighted by Gasteiger charge is -2.29. The Morgan fingerprint density at radius 3 is 2.07 bits per heavy atom. The third-order valence-electron chi connectivity index (χ3n) is 4.47. The molecule has 4 rings (SSSR count). The van der Waals surface area contributed by atoms with Crippen LogP contribution in [0.15, 0.2) is 78.5 Å². The Bertz CT molecular complexity index is 1080. The highest BCUT2D eigenvalue weighted by molar-refractivity contribution is 6.15. The first-order chi connectivity index (χ1) is 13.4. The van der Waals surface area contributed by atoms with Crippen molar-refractivity contribution in [1.29, 1.82) is 0 Å². The summed E-state index contributed by atoms with van der Waals surface area (Å²) in [5.41, 5.74) is 2.76. The highest BCUT2D eigenvalue weighted by Gasteiger charge is 2.38. The molecular weight excluding hydrogens is 354 g/mol. The van der Waals surface area contributed by atoms with Crippen molar-refractivity contribution in [2.24, 2.45) is 0 Å². The molecule has 0 aliphatic carbocycles. The molecule has 0 atom stereocenters. The minimum atomic E-state index is -1.24. The van der Waals surface area contributed by atoms with Crippen LogP contribution < -0.4 is 5.32 Å². The Morgan fingerprint density at radius 2 is 1.39 bits per heavy atom. The second-order valence-corrected chi connectivity index (χ2v) is 7.02. The molecule has 1 aliphatic heterocycles. The van der Waals surface area contributed by atoms with E-state index in [1.165, 1.54) is 30.8 Å². The summed E-state index contributed by atoms with van der Waals surface area (Å²) in [6.45, 7) is 3.02. The maximum atomic E-state index is 12.0. The number of hydrogen-bond donors (Lipinski definition) is 1. The van der Waals surface area contributed by atoms with Gasteiger partial charge in [0.2, 0.25) is 0 Å². The monoisotopic (exact) mass is 373 g/mol. The molecule has 0 aromatic heterocycles. The number of anilines is 1. The molecule has 1 saturated heterocycles. The van der Waals surface area contributed by atoms with E-state index in [9.17, 15) is 9.59 Å². The molecule has 0 amide bonds. The zero-order valence-electron chi connectivity index (χ0n) is 15.6. The van der Waals surface area contributed by atoms with E-state index in [1.807, 2.05) is 36.4 Å². The van der Waals surface area contributed by atoms with E-state index >= 15 is 0 Å². The quantitative estimate of drug-likeness (QED) is 0.412. The van der Waals surface area contributed by atoms with Crippen LogP contribution in [0.3, 0.4) is 0 Å². The van der Waals surface area contributed by atoms with Crippen molar-refractivity contribution >= 4 is 28.4 Å². The number of carbonyl (C=O) groups is 2. The number of fused-ring (bicyclic) bond motifs is 1. The molecule has 1 fully saturated rings. The van der Waals surface area contributed by atoms with Crippen LogP contribution in [0, 0.1) is 0 Å². The summed E-state index contributed by atoms with van der Waals surface area (Å²) >= 11 is 0. The van der Waals surface area contributed by atoms with Gasteiger partial charge in [-0.3, -0.25) is 0 Å². The van der Waals surface area contributed by atoms with E-state index < -0.39 is 17.7 Å². The van der Waals surface area contributed by atoms with Crippen LogP contribution in [0.1, 0.15) is 13.8 Å². The molecule has 1 N–H and O–H groups in total. The Labute approximate surface area is 162 Å². The minimum Gasteiger partial charge on any atom is -0.419 e. The standard InChI is InChI=1S/C23H19NO4/c1-23(2)27-21(25)20(22(26)28-23)14-24-19-11-9-16(10-12-19)18-8-7-15-5-3-4-6-17(15)13-18/h3-14,24H,1-2H3. The van der Waals surface area contributed by atoms with Crippen LogP contribution in [0.5, 0.6) is 0 Å². The normalized spacial score (nSPS) is 15.7. The third kappa shape index (κ3) is 3.60. The first-order valence-corrected chi connectivity index (χ1v) is 8.94. The summed E-state index contributed by atoms with van der Waals surface area (Å²) < 4.78 is 10.1. The molecular formula is C23H19NO4. The third-order valence-corrected chi connectivity index (χ3v) is 4.47. The van der Waals surface area contributed by atoms with Crippen molar-refractivity contribution in [2.45, 2.75) is 19.6 Å². The van der Waals surface area contributed by atoms with E-state index in [-0.39, 0.29) is 5.57 Å². The van der Waals surface area contributed by atoms with Crippen molar-refractivity contribution in [3.05, 3.63) is 78.5 Å². The largest absolute Gasteiger partial charge is 0.419 e. The lowest BCUT2D eigenvalue weighted by atomic mass is 10.0. The van der Waals surface area contributed by atoms with Gasteiger partial charge in [0.15, 0.2) is 5.57 Å². The molecule has 3 aromatic carbocycles. The number of nitrogens with one attached hydrogen (secondary N) is 1. The highest BCUT2D eigenvalue weighted by atomic mass is 16.7. The maximum Gasteiger partial charge on any atom is 0.350 e. The fraction of sp³-hybridized carbons (Fsp3) is 0.130. The number of benzene rings is 3. The van der Waals surface area contributed by atoms with Gasteiger partial charge in [-0.2, -0.15) is 0 Å². The Kier molecular flexibility index (Phi) is 4.35. The second kappa shape index (κ2) is 6.85. The number of ether oxygens (including phenoxy) is 2. The van der Waals surface area contributed by atoms with Gasteiger partial charge in [0.1, 0.15) is 0 Å². The van der Waals surface area contributed by atoms with E-state index in [1.54, 1.807) is 0 Å². The van der Waals surface area contributed by atoms with Gasteiger partial charge in [-0.05, 0) is 40.1 Å². The van der Waals surface area contributed by atoms with Gasteiger partial charge in [-0.1, -0.05) is 48.5 Å². The molecule has 5 heteroatoms. The van der Waals surface area contributed by atoms with Crippen molar-refractivity contribution < 1.29 is 19.1 Å².